The summed E-state index contributed by atoms with van der Waals surface area (Å²) in [6.07, 6.45) is 2.05. The summed E-state index contributed by atoms with van der Waals surface area (Å²) in [6, 6.07) is 6.28. The van der Waals surface area contributed by atoms with Crippen LogP contribution < -0.4 is 5.32 Å². The van der Waals surface area contributed by atoms with Crippen molar-refractivity contribution in [3.8, 4) is 0 Å². The average Bonchev–Trinajstić information content (AvgIpc) is 2.29. The Labute approximate surface area is 105 Å². The van der Waals surface area contributed by atoms with Gasteiger partial charge in [0.05, 0.1) is 10.8 Å². The van der Waals surface area contributed by atoms with Crippen molar-refractivity contribution in [3.63, 3.8) is 0 Å². The van der Waals surface area contributed by atoms with Crippen molar-refractivity contribution < 1.29 is 8.60 Å². The highest BCUT2D eigenvalue weighted by Gasteiger charge is 2.12. The molecule has 0 saturated carbocycles. The summed E-state index contributed by atoms with van der Waals surface area (Å²) < 4.78 is 25.1. The lowest BCUT2D eigenvalue weighted by atomic mass is 10.2. The van der Waals surface area contributed by atoms with Crippen LogP contribution in [0.5, 0.6) is 0 Å². The van der Waals surface area contributed by atoms with Crippen LogP contribution in [0.2, 0.25) is 0 Å². The standard InChI is InChI=1S/C13H20FNOS/c1-3-6-12(15-4-2)10-17(16)13-8-5-7-11(14)9-13/h5,7-9,12,15H,3-4,6,10H2,1-2H3. The minimum Gasteiger partial charge on any atom is -0.313 e. The molecular weight excluding hydrogens is 237 g/mol. The van der Waals surface area contributed by atoms with E-state index in [1.165, 1.54) is 12.1 Å². The predicted octanol–water partition coefficient (Wildman–Crippen LogP) is 2.71. The zero-order valence-corrected chi connectivity index (χ0v) is 11.2. The molecule has 2 unspecified atom stereocenters. The molecule has 0 spiro atoms. The summed E-state index contributed by atoms with van der Waals surface area (Å²) in [5.41, 5.74) is 0. The Bertz CT molecular complexity index is 364. The Hall–Kier alpha value is -0.740. The molecule has 1 N–H and O–H groups in total. The van der Waals surface area contributed by atoms with Gasteiger partial charge in [0.1, 0.15) is 5.82 Å². The lowest BCUT2D eigenvalue weighted by Crippen LogP contribution is -2.33. The Morgan fingerprint density at radius 1 is 1.41 bits per heavy atom. The maximum atomic E-state index is 13.0. The summed E-state index contributed by atoms with van der Waals surface area (Å²) in [5.74, 6) is 0.219. The molecule has 96 valence electrons. The van der Waals surface area contributed by atoms with Crippen LogP contribution in [-0.4, -0.2) is 22.5 Å². The van der Waals surface area contributed by atoms with Gasteiger partial charge in [-0.25, -0.2) is 4.39 Å². The van der Waals surface area contributed by atoms with Gasteiger partial charge in [0, 0.05) is 16.7 Å². The van der Waals surface area contributed by atoms with Crippen LogP contribution in [0.3, 0.4) is 0 Å². The van der Waals surface area contributed by atoms with E-state index in [1.807, 2.05) is 6.92 Å². The van der Waals surface area contributed by atoms with Crippen molar-refractivity contribution in [2.45, 2.75) is 37.6 Å². The van der Waals surface area contributed by atoms with E-state index in [0.717, 1.165) is 19.4 Å². The highest BCUT2D eigenvalue weighted by molar-refractivity contribution is 7.85. The zero-order valence-electron chi connectivity index (χ0n) is 10.4. The van der Waals surface area contributed by atoms with E-state index in [4.69, 9.17) is 0 Å². The molecule has 0 aliphatic carbocycles. The fourth-order valence-corrected chi connectivity index (χ4v) is 3.09. The predicted molar refractivity (Wildman–Crippen MR) is 70.0 cm³/mol. The van der Waals surface area contributed by atoms with Crippen molar-refractivity contribution in [1.29, 1.82) is 0 Å². The number of benzene rings is 1. The molecule has 0 aromatic heterocycles. The van der Waals surface area contributed by atoms with Crippen molar-refractivity contribution >= 4 is 10.8 Å². The zero-order chi connectivity index (χ0) is 12.7. The largest absolute Gasteiger partial charge is 0.313 e. The third-order valence-electron chi connectivity index (χ3n) is 2.54. The van der Waals surface area contributed by atoms with Gasteiger partial charge in [-0.05, 0) is 31.2 Å². The van der Waals surface area contributed by atoms with Crippen molar-refractivity contribution in [3.05, 3.63) is 30.1 Å². The topological polar surface area (TPSA) is 29.1 Å². The molecule has 0 fully saturated rings. The third kappa shape index (κ3) is 4.96. The molecule has 4 heteroatoms. The molecule has 1 aromatic rings. The molecule has 2 atom stereocenters. The minimum atomic E-state index is -1.13. The van der Waals surface area contributed by atoms with E-state index in [-0.39, 0.29) is 11.9 Å². The third-order valence-corrected chi connectivity index (χ3v) is 4.03. The van der Waals surface area contributed by atoms with Crippen LogP contribution in [-0.2, 0) is 10.8 Å². The lowest BCUT2D eigenvalue weighted by Gasteiger charge is -2.16. The number of hydrogen-bond donors (Lipinski definition) is 1. The first-order chi connectivity index (χ1) is 8.17. The summed E-state index contributed by atoms with van der Waals surface area (Å²) in [6.45, 7) is 5.01. The molecule has 0 amide bonds. The molecule has 0 aliphatic heterocycles. The summed E-state index contributed by atoms with van der Waals surface area (Å²) in [4.78, 5) is 0.573. The van der Waals surface area contributed by atoms with Gasteiger partial charge < -0.3 is 5.32 Å². The van der Waals surface area contributed by atoms with Crippen LogP contribution in [0.1, 0.15) is 26.7 Å². The molecule has 0 radical (unpaired) electrons. The van der Waals surface area contributed by atoms with Crippen molar-refractivity contribution in [1.82, 2.24) is 5.32 Å². The second kappa shape index (κ2) is 7.56. The Balaban J connectivity index is 2.63. The molecule has 2 nitrogen and oxygen atoms in total. The lowest BCUT2D eigenvalue weighted by molar-refractivity contribution is 0.525. The molecular formula is C13H20FNOS. The van der Waals surface area contributed by atoms with Crippen LogP contribution >= 0.6 is 0 Å². The molecule has 1 rings (SSSR count). The maximum Gasteiger partial charge on any atom is 0.124 e. The quantitative estimate of drug-likeness (QED) is 0.813. The van der Waals surface area contributed by atoms with Crippen molar-refractivity contribution in [2.24, 2.45) is 0 Å². The molecule has 0 saturated heterocycles. The van der Waals surface area contributed by atoms with E-state index in [9.17, 15) is 8.60 Å². The number of nitrogens with one attached hydrogen (secondary N) is 1. The number of rotatable bonds is 7. The van der Waals surface area contributed by atoms with Gasteiger partial charge in [-0.2, -0.15) is 0 Å². The fraction of sp³-hybridized carbons (Fsp3) is 0.538. The van der Waals surface area contributed by atoms with Crippen LogP contribution in [0, 0.1) is 5.82 Å². The van der Waals surface area contributed by atoms with Crippen LogP contribution in [0.15, 0.2) is 29.2 Å². The molecule has 1 aromatic carbocycles. The average molecular weight is 257 g/mol. The highest BCUT2D eigenvalue weighted by Crippen LogP contribution is 2.11. The van der Waals surface area contributed by atoms with Gasteiger partial charge in [-0.1, -0.05) is 26.3 Å². The summed E-state index contributed by atoms with van der Waals surface area (Å²) in [7, 11) is -1.13. The van der Waals surface area contributed by atoms with Gasteiger partial charge in [0.15, 0.2) is 0 Å². The maximum absolute atomic E-state index is 13.0. The second-order valence-corrected chi connectivity index (χ2v) is 5.51. The van der Waals surface area contributed by atoms with Crippen LogP contribution in [0.25, 0.3) is 0 Å². The van der Waals surface area contributed by atoms with Crippen LogP contribution in [0.4, 0.5) is 4.39 Å². The van der Waals surface area contributed by atoms with E-state index in [2.05, 4.69) is 12.2 Å². The first kappa shape index (κ1) is 14.3. The van der Waals surface area contributed by atoms with Gasteiger partial charge >= 0.3 is 0 Å². The Morgan fingerprint density at radius 2 is 2.18 bits per heavy atom. The Kier molecular flexibility index (Phi) is 6.37. The van der Waals surface area contributed by atoms with Gasteiger partial charge in [0.2, 0.25) is 0 Å². The summed E-state index contributed by atoms with van der Waals surface area (Å²) in [5, 5.41) is 3.31. The SMILES string of the molecule is CCCC(CS(=O)c1cccc(F)c1)NCC. The molecule has 17 heavy (non-hydrogen) atoms. The normalized spacial score (nSPS) is 14.5. The van der Waals surface area contributed by atoms with E-state index in [1.54, 1.807) is 12.1 Å². The highest BCUT2D eigenvalue weighted by atomic mass is 32.2. The molecule has 0 aliphatic rings. The summed E-state index contributed by atoms with van der Waals surface area (Å²) >= 11 is 0. The fourth-order valence-electron chi connectivity index (χ4n) is 1.77. The monoisotopic (exact) mass is 257 g/mol. The van der Waals surface area contributed by atoms with E-state index >= 15 is 0 Å². The first-order valence-corrected chi connectivity index (χ1v) is 7.36. The van der Waals surface area contributed by atoms with Crippen molar-refractivity contribution in [2.75, 3.05) is 12.3 Å². The molecule has 0 bridgehead atoms. The molecule has 0 heterocycles. The van der Waals surface area contributed by atoms with Gasteiger partial charge in [0.25, 0.3) is 0 Å². The first-order valence-electron chi connectivity index (χ1n) is 6.04. The van der Waals surface area contributed by atoms with Gasteiger partial charge in [-0.15, -0.1) is 0 Å². The minimum absolute atomic E-state index is 0.245. The number of halogens is 1. The van der Waals surface area contributed by atoms with E-state index < -0.39 is 10.8 Å². The second-order valence-electron chi connectivity index (χ2n) is 4.01. The smallest absolute Gasteiger partial charge is 0.124 e. The van der Waals surface area contributed by atoms with Gasteiger partial charge in [-0.3, -0.25) is 4.21 Å². The van der Waals surface area contributed by atoms with E-state index in [0.29, 0.717) is 10.6 Å². The Morgan fingerprint density at radius 3 is 2.76 bits per heavy atom. The number of hydrogen-bond acceptors (Lipinski definition) is 2.